The summed E-state index contributed by atoms with van der Waals surface area (Å²) in [4.78, 5) is 11.9. The maximum atomic E-state index is 11.9. The number of nitrogens with one attached hydrogen (secondary N) is 1. The molecule has 2 heterocycles. The van der Waals surface area contributed by atoms with E-state index in [2.05, 4.69) is 42.2 Å². The van der Waals surface area contributed by atoms with E-state index < -0.39 is 0 Å². The van der Waals surface area contributed by atoms with Gasteiger partial charge in [-0.1, -0.05) is 35.5 Å². The molecule has 0 aliphatic carbocycles. The van der Waals surface area contributed by atoms with E-state index in [4.69, 9.17) is 4.74 Å². The van der Waals surface area contributed by atoms with Crippen molar-refractivity contribution in [2.45, 2.75) is 50.2 Å². The van der Waals surface area contributed by atoms with Crippen molar-refractivity contribution >= 4 is 11.8 Å². The summed E-state index contributed by atoms with van der Waals surface area (Å²) in [7, 11) is 0. The number of thioether (sulfide) groups is 1. The lowest BCUT2D eigenvalue weighted by Gasteiger charge is -2.11. The van der Waals surface area contributed by atoms with Crippen LogP contribution in [0, 0.1) is 13.8 Å². The molecular formula is C16H21N3O2S. The summed E-state index contributed by atoms with van der Waals surface area (Å²) < 4.78 is 7.32. The second kappa shape index (κ2) is 6.71. The maximum absolute atomic E-state index is 11.9. The fourth-order valence-corrected chi connectivity index (χ4v) is 3.68. The minimum absolute atomic E-state index is 0.135. The highest BCUT2D eigenvalue weighted by Gasteiger charge is 2.19. The number of benzene rings is 1. The first-order chi connectivity index (χ1) is 10.6. The smallest absolute Gasteiger partial charge is 0.344 e. The number of aromatic nitrogens is 3. The van der Waals surface area contributed by atoms with Crippen LogP contribution in [0.1, 0.15) is 29.5 Å². The van der Waals surface area contributed by atoms with Crippen molar-refractivity contribution in [3.8, 4) is 0 Å². The van der Waals surface area contributed by atoms with Crippen LogP contribution in [0.15, 0.2) is 28.2 Å². The van der Waals surface area contributed by atoms with Gasteiger partial charge < -0.3 is 4.74 Å². The Labute approximate surface area is 134 Å². The predicted molar refractivity (Wildman–Crippen MR) is 87.3 cm³/mol. The van der Waals surface area contributed by atoms with Crippen LogP contribution in [0.4, 0.5) is 0 Å². The highest BCUT2D eigenvalue weighted by atomic mass is 32.2. The van der Waals surface area contributed by atoms with Gasteiger partial charge >= 0.3 is 5.69 Å². The van der Waals surface area contributed by atoms with Crippen molar-refractivity contribution in [2.75, 3.05) is 6.61 Å². The molecule has 0 amide bonds. The average Bonchev–Trinajstić information content (AvgIpc) is 3.12. The molecule has 1 atom stereocenters. The minimum Gasteiger partial charge on any atom is -0.376 e. The third-order valence-electron chi connectivity index (χ3n) is 3.99. The van der Waals surface area contributed by atoms with E-state index in [0.717, 1.165) is 30.4 Å². The van der Waals surface area contributed by atoms with Gasteiger partial charge in [-0.3, -0.25) is 4.57 Å². The van der Waals surface area contributed by atoms with E-state index in [1.165, 1.54) is 16.7 Å². The summed E-state index contributed by atoms with van der Waals surface area (Å²) in [6, 6.07) is 6.44. The molecule has 1 N–H and O–H groups in total. The number of rotatable bonds is 5. The largest absolute Gasteiger partial charge is 0.376 e. The number of hydrogen-bond acceptors (Lipinski definition) is 4. The second-order valence-electron chi connectivity index (χ2n) is 5.78. The summed E-state index contributed by atoms with van der Waals surface area (Å²) in [6.07, 6.45) is 2.22. The van der Waals surface area contributed by atoms with Gasteiger partial charge in [-0.15, -0.1) is 5.10 Å². The Bertz CT molecular complexity index is 702. The van der Waals surface area contributed by atoms with Crippen molar-refractivity contribution in [3.05, 3.63) is 45.4 Å². The Hall–Kier alpha value is -1.53. The van der Waals surface area contributed by atoms with Gasteiger partial charge in [-0.05, 0) is 37.8 Å². The first-order valence-corrected chi connectivity index (χ1v) is 8.58. The lowest BCUT2D eigenvalue weighted by atomic mass is 10.1. The molecule has 22 heavy (non-hydrogen) atoms. The van der Waals surface area contributed by atoms with E-state index in [9.17, 15) is 4.79 Å². The third-order valence-corrected chi connectivity index (χ3v) is 5.02. The molecule has 0 saturated carbocycles. The lowest BCUT2D eigenvalue weighted by molar-refractivity contribution is 0.0941. The molecule has 1 saturated heterocycles. The molecular weight excluding hydrogens is 298 g/mol. The SMILES string of the molecule is Cc1ccc(C)c(CSc2n[nH]c(=O)n2CC2CCCO2)c1. The van der Waals surface area contributed by atoms with E-state index in [0.29, 0.717) is 6.54 Å². The molecule has 1 fully saturated rings. The number of ether oxygens (including phenoxy) is 1. The van der Waals surface area contributed by atoms with E-state index in [1.54, 1.807) is 16.3 Å². The van der Waals surface area contributed by atoms with Gasteiger partial charge in [0.1, 0.15) is 0 Å². The summed E-state index contributed by atoms with van der Waals surface area (Å²) >= 11 is 1.59. The predicted octanol–water partition coefficient (Wildman–Crippen LogP) is 2.66. The second-order valence-corrected chi connectivity index (χ2v) is 6.72. The Balaban J connectivity index is 1.72. The summed E-state index contributed by atoms with van der Waals surface area (Å²) in [5.74, 6) is 0.809. The fourth-order valence-electron chi connectivity index (χ4n) is 2.66. The maximum Gasteiger partial charge on any atom is 0.344 e. The molecule has 1 aromatic carbocycles. The Morgan fingerprint density at radius 3 is 3.09 bits per heavy atom. The van der Waals surface area contributed by atoms with Gasteiger partial charge in [0, 0.05) is 12.4 Å². The quantitative estimate of drug-likeness (QED) is 0.861. The molecule has 1 unspecified atom stereocenters. The van der Waals surface area contributed by atoms with Gasteiger partial charge in [0.05, 0.1) is 12.6 Å². The van der Waals surface area contributed by atoms with Crippen LogP contribution >= 0.6 is 11.8 Å². The van der Waals surface area contributed by atoms with Crippen molar-refractivity contribution in [1.82, 2.24) is 14.8 Å². The van der Waals surface area contributed by atoms with E-state index in [1.807, 2.05) is 0 Å². The van der Waals surface area contributed by atoms with Crippen LogP contribution in [-0.2, 0) is 17.0 Å². The molecule has 5 nitrogen and oxygen atoms in total. The van der Waals surface area contributed by atoms with Crippen molar-refractivity contribution in [2.24, 2.45) is 0 Å². The van der Waals surface area contributed by atoms with Crippen LogP contribution in [0.25, 0.3) is 0 Å². The average molecular weight is 319 g/mol. The summed E-state index contributed by atoms with van der Waals surface area (Å²) in [6.45, 7) is 5.58. The molecule has 2 aromatic rings. The normalized spacial score (nSPS) is 18.0. The zero-order chi connectivity index (χ0) is 15.5. The minimum atomic E-state index is -0.154. The molecule has 118 valence electrons. The molecule has 1 aliphatic heterocycles. The summed E-state index contributed by atoms with van der Waals surface area (Å²) in [5.41, 5.74) is 3.64. The summed E-state index contributed by atoms with van der Waals surface area (Å²) in [5, 5.41) is 7.45. The van der Waals surface area contributed by atoms with E-state index in [-0.39, 0.29) is 11.8 Å². The number of hydrogen-bond donors (Lipinski definition) is 1. The van der Waals surface area contributed by atoms with Crippen LogP contribution in [0.2, 0.25) is 0 Å². The Morgan fingerprint density at radius 1 is 1.45 bits per heavy atom. The van der Waals surface area contributed by atoms with Gasteiger partial charge in [-0.25, -0.2) is 9.89 Å². The standard InChI is InChI=1S/C16H21N3O2S/c1-11-5-6-12(2)13(8-11)10-22-16-18-17-15(20)19(16)9-14-4-3-7-21-14/h5-6,8,14H,3-4,7,9-10H2,1-2H3,(H,17,20). The molecule has 1 aromatic heterocycles. The monoisotopic (exact) mass is 319 g/mol. The molecule has 0 spiro atoms. The highest BCUT2D eigenvalue weighted by molar-refractivity contribution is 7.98. The Kier molecular flexibility index (Phi) is 4.69. The van der Waals surface area contributed by atoms with Gasteiger partial charge in [0.15, 0.2) is 5.16 Å². The topological polar surface area (TPSA) is 59.9 Å². The van der Waals surface area contributed by atoms with Crippen LogP contribution in [-0.4, -0.2) is 27.5 Å². The van der Waals surface area contributed by atoms with Crippen molar-refractivity contribution < 1.29 is 4.74 Å². The first kappa shape index (κ1) is 15.4. The van der Waals surface area contributed by atoms with Crippen molar-refractivity contribution in [1.29, 1.82) is 0 Å². The highest BCUT2D eigenvalue weighted by Crippen LogP contribution is 2.23. The van der Waals surface area contributed by atoms with E-state index >= 15 is 0 Å². The van der Waals surface area contributed by atoms with Crippen LogP contribution in [0.5, 0.6) is 0 Å². The number of aromatic amines is 1. The molecule has 0 bridgehead atoms. The molecule has 6 heteroatoms. The molecule has 3 rings (SSSR count). The van der Waals surface area contributed by atoms with Crippen LogP contribution < -0.4 is 5.69 Å². The zero-order valence-corrected chi connectivity index (χ0v) is 13.8. The molecule has 0 radical (unpaired) electrons. The first-order valence-electron chi connectivity index (χ1n) is 7.59. The number of nitrogens with zero attached hydrogens (tertiary/aromatic N) is 2. The number of H-pyrrole nitrogens is 1. The zero-order valence-electron chi connectivity index (χ0n) is 13.0. The van der Waals surface area contributed by atoms with Crippen molar-refractivity contribution in [3.63, 3.8) is 0 Å². The number of aryl methyl sites for hydroxylation is 2. The molecule has 1 aliphatic rings. The van der Waals surface area contributed by atoms with Gasteiger partial charge in [0.2, 0.25) is 0 Å². The van der Waals surface area contributed by atoms with Gasteiger partial charge in [-0.2, -0.15) is 0 Å². The van der Waals surface area contributed by atoms with Crippen LogP contribution in [0.3, 0.4) is 0 Å². The fraction of sp³-hybridized carbons (Fsp3) is 0.500. The van der Waals surface area contributed by atoms with Gasteiger partial charge in [0.25, 0.3) is 0 Å². The lowest BCUT2D eigenvalue weighted by Crippen LogP contribution is -2.24. The Morgan fingerprint density at radius 2 is 2.32 bits per heavy atom. The third kappa shape index (κ3) is 3.44.